The van der Waals surface area contributed by atoms with Crippen molar-refractivity contribution in [2.24, 2.45) is 0 Å². The zero-order valence-electron chi connectivity index (χ0n) is 15.9. The van der Waals surface area contributed by atoms with Crippen LogP contribution in [0.25, 0.3) is 0 Å². The number of hydrogen-bond donors (Lipinski definition) is 0. The van der Waals surface area contributed by atoms with Crippen molar-refractivity contribution in [1.82, 2.24) is 19.6 Å². The fourth-order valence-electron chi connectivity index (χ4n) is 3.68. The fourth-order valence-corrected chi connectivity index (χ4v) is 3.68. The van der Waals surface area contributed by atoms with Crippen LogP contribution in [0.1, 0.15) is 65.3 Å². The van der Waals surface area contributed by atoms with Gasteiger partial charge in [0.2, 0.25) is 0 Å². The van der Waals surface area contributed by atoms with Crippen molar-refractivity contribution in [2.75, 3.05) is 7.11 Å². The van der Waals surface area contributed by atoms with Crippen molar-refractivity contribution < 1.29 is 9.53 Å². The number of fused-ring (bicyclic) bond motifs is 1. The Labute approximate surface area is 157 Å². The molecule has 0 aromatic carbocycles. The van der Waals surface area contributed by atoms with Crippen LogP contribution in [0.3, 0.4) is 0 Å². The number of aromatic nitrogens is 4. The molecule has 0 unspecified atom stereocenters. The van der Waals surface area contributed by atoms with Gasteiger partial charge in [-0.05, 0) is 37.7 Å². The van der Waals surface area contributed by atoms with E-state index in [1.54, 1.807) is 0 Å². The highest BCUT2D eigenvalue weighted by atomic mass is 16.5. The van der Waals surface area contributed by atoms with E-state index in [0.717, 1.165) is 37.2 Å². The predicted molar refractivity (Wildman–Crippen MR) is 97.6 cm³/mol. The molecule has 0 aliphatic carbocycles. The van der Waals surface area contributed by atoms with Gasteiger partial charge in [-0.25, -0.2) is 9.48 Å². The minimum Gasteiger partial charge on any atom is -0.465 e. The summed E-state index contributed by atoms with van der Waals surface area (Å²) in [6.07, 6.45) is 3.91. The summed E-state index contributed by atoms with van der Waals surface area (Å²) in [6.45, 7) is 4.61. The van der Waals surface area contributed by atoms with Crippen molar-refractivity contribution in [3.05, 3.63) is 44.1 Å². The predicted octanol–water partition coefficient (Wildman–Crippen LogP) is 1.61. The molecule has 0 atom stereocenters. The molecule has 142 valence electrons. The molecule has 1 aliphatic rings. The number of esters is 1. The van der Waals surface area contributed by atoms with Gasteiger partial charge in [0.1, 0.15) is 17.2 Å². The third-order valence-corrected chi connectivity index (χ3v) is 4.99. The molecule has 8 heteroatoms. The van der Waals surface area contributed by atoms with Crippen LogP contribution in [-0.2, 0) is 37.1 Å². The number of rotatable bonds is 5. The molecular weight excluding hydrogens is 346 g/mol. The monoisotopic (exact) mass is 369 g/mol. The van der Waals surface area contributed by atoms with Gasteiger partial charge in [-0.15, -0.1) is 0 Å². The molecule has 3 rings (SSSR count). The van der Waals surface area contributed by atoms with Crippen LogP contribution in [0.15, 0.2) is 4.79 Å². The maximum Gasteiger partial charge on any atom is 0.341 e. The lowest BCUT2D eigenvalue weighted by molar-refractivity contribution is 0.0597. The zero-order valence-corrected chi connectivity index (χ0v) is 15.9. The van der Waals surface area contributed by atoms with Crippen molar-refractivity contribution in [2.45, 2.75) is 59.0 Å². The van der Waals surface area contributed by atoms with E-state index in [2.05, 4.69) is 10.2 Å². The summed E-state index contributed by atoms with van der Waals surface area (Å²) < 4.78 is 8.01. The van der Waals surface area contributed by atoms with Crippen LogP contribution < -0.4 is 5.56 Å². The number of aryl methyl sites for hydroxylation is 2. The highest BCUT2D eigenvalue weighted by Crippen LogP contribution is 2.23. The fraction of sp³-hybridized carbons (Fsp3) is 0.526. The molecule has 3 heterocycles. The van der Waals surface area contributed by atoms with Gasteiger partial charge in [-0.1, -0.05) is 13.8 Å². The van der Waals surface area contributed by atoms with E-state index >= 15 is 0 Å². The van der Waals surface area contributed by atoms with Gasteiger partial charge in [0, 0.05) is 6.54 Å². The molecule has 1 aliphatic heterocycles. The van der Waals surface area contributed by atoms with Gasteiger partial charge >= 0.3 is 5.97 Å². The number of ether oxygens (including phenoxy) is 1. The third-order valence-electron chi connectivity index (χ3n) is 4.99. The molecule has 0 spiro atoms. The minimum absolute atomic E-state index is 0.0366. The first-order chi connectivity index (χ1) is 13.0. The minimum atomic E-state index is -0.456. The zero-order chi connectivity index (χ0) is 19.6. The second kappa shape index (κ2) is 7.74. The smallest absolute Gasteiger partial charge is 0.341 e. The summed E-state index contributed by atoms with van der Waals surface area (Å²) >= 11 is 0. The van der Waals surface area contributed by atoms with Crippen molar-refractivity contribution >= 4 is 5.97 Å². The summed E-state index contributed by atoms with van der Waals surface area (Å²) in [5.41, 5.74) is 2.81. The van der Waals surface area contributed by atoms with E-state index in [1.165, 1.54) is 11.8 Å². The van der Waals surface area contributed by atoms with E-state index in [0.29, 0.717) is 29.7 Å². The van der Waals surface area contributed by atoms with Crippen LogP contribution in [0.4, 0.5) is 0 Å². The molecule has 0 saturated heterocycles. The second-order valence-electron chi connectivity index (χ2n) is 6.52. The first-order valence-corrected chi connectivity index (χ1v) is 9.25. The molecule has 0 bridgehead atoms. The van der Waals surface area contributed by atoms with E-state index in [9.17, 15) is 14.9 Å². The number of nitrogens with zero attached hydrogens (tertiary/aromatic N) is 5. The summed E-state index contributed by atoms with van der Waals surface area (Å²) in [4.78, 5) is 25.1. The molecule has 0 N–H and O–H groups in total. The number of carbonyl (C=O) groups is 1. The lowest BCUT2D eigenvalue weighted by atomic mass is 10.0. The first kappa shape index (κ1) is 18.8. The summed E-state index contributed by atoms with van der Waals surface area (Å²) in [5, 5.41) is 18.5. The third kappa shape index (κ3) is 3.25. The van der Waals surface area contributed by atoms with E-state index in [1.807, 2.05) is 24.6 Å². The Balaban J connectivity index is 2.14. The van der Waals surface area contributed by atoms with Gasteiger partial charge in [-0.2, -0.15) is 15.5 Å². The molecule has 0 radical (unpaired) electrons. The number of carbonyl (C=O) groups excluding carboxylic acids is 1. The van der Waals surface area contributed by atoms with Gasteiger partial charge in [0.15, 0.2) is 0 Å². The quantitative estimate of drug-likeness (QED) is 0.742. The molecule has 27 heavy (non-hydrogen) atoms. The average Bonchev–Trinajstić information content (AvgIpc) is 3.06. The van der Waals surface area contributed by atoms with Gasteiger partial charge in [0.05, 0.1) is 30.7 Å². The highest BCUT2D eigenvalue weighted by Gasteiger charge is 2.27. The summed E-state index contributed by atoms with van der Waals surface area (Å²) in [6, 6.07) is 2.02. The Hall–Kier alpha value is -2.95. The van der Waals surface area contributed by atoms with E-state index in [-0.39, 0.29) is 12.1 Å². The van der Waals surface area contributed by atoms with E-state index < -0.39 is 11.5 Å². The summed E-state index contributed by atoms with van der Waals surface area (Å²) in [5.74, 6) is -0.456. The second-order valence-corrected chi connectivity index (χ2v) is 6.52. The largest absolute Gasteiger partial charge is 0.465 e. The molecule has 0 fully saturated rings. The summed E-state index contributed by atoms with van der Waals surface area (Å²) in [7, 11) is 1.34. The Bertz CT molecular complexity index is 981. The first-order valence-electron chi connectivity index (χ1n) is 9.25. The molecule has 2 aromatic rings. The van der Waals surface area contributed by atoms with Gasteiger partial charge in [0.25, 0.3) is 5.56 Å². The van der Waals surface area contributed by atoms with Gasteiger partial charge < -0.3 is 4.74 Å². The van der Waals surface area contributed by atoms with Gasteiger partial charge in [-0.3, -0.25) is 9.48 Å². The Morgan fingerprint density at radius 1 is 1.22 bits per heavy atom. The molecule has 0 saturated carbocycles. The van der Waals surface area contributed by atoms with Crippen molar-refractivity contribution in [3.8, 4) is 6.07 Å². The van der Waals surface area contributed by atoms with Crippen molar-refractivity contribution in [3.63, 3.8) is 0 Å². The van der Waals surface area contributed by atoms with Crippen LogP contribution in [0.5, 0.6) is 0 Å². The van der Waals surface area contributed by atoms with Crippen molar-refractivity contribution in [1.29, 1.82) is 5.26 Å². The Morgan fingerprint density at radius 3 is 2.63 bits per heavy atom. The number of methoxy groups -OCH3 is 1. The maximum atomic E-state index is 12.8. The molecule has 0 amide bonds. The lowest BCUT2D eigenvalue weighted by Crippen LogP contribution is -2.30. The van der Waals surface area contributed by atoms with Crippen LogP contribution in [-0.4, -0.2) is 32.6 Å². The van der Waals surface area contributed by atoms with Crippen LogP contribution >= 0.6 is 0 Å². The van der Waals surface area contributed by atoms with E-state index in [4.69, 9.17) is 4.74 Å². The number of hydrogen-bond acceptors (Lipinski definition) is 6. The normalized spacial score (nSPS) is 13.1. The van der Waals surface area contributed by atoms with Crippen LogP contribution in [0, 0.1) is 11.3 Å². The Morgan fingerprint density at radius 2 is 2.00 bits per heavy atom. The highest BCUT2D eigenvalue weighted by molar-refractivity contribution is 5.92. The standard InChI is InChI=1S/C19H23N5O3/c1-4-12-13(10-20)18(25)24(21-14(12)5-2)11-15-17(19(26)27-3)16-8-6-7-9-23(16)22-15/h4-9,11H2,1-3H3. The molecule has 8 nitrogen and oxygen atoms in total. The average molecular weight is 369 g/mol. The number of nitriles is 1. The topological polar surface area (TPSA) is 103 Å². The SMILES string of the molecule is CCc1nn(Cc2nn3c(c2C(=O)OC)CCCC3)c(=O)c(C#N)c1CC. The molecule has 2 aromatic heterocycles. The van der Waals surface area contributed by atoms with Crippen LogP contribution in [0.2, 0.25) is 0 Å². The Kier molecular flexibility index (Phi) is 5.40. The lowest BCUT2D eigenvalue weighted by Gasteiger charge is -2.13. The molecular formula is C19H23N5O3. The maximum absolute atomic E-state index is 12.8.